The smallest absolute Gasteiger partial charge is 0.169 e. The highest BCUT2D eigenvalue weighted by atomic mass is 79.9. The first kappa shape index (κ1) is 17.3. The van der Waals surface area contributed by atoms with E-state index in [4.69, 9.17) is 4.52 Å². The zero-order valence-electron chi connectivity index (χ0n) is 11.6. The van der Waals surface area contributed by atoms with E-state index in [1.807, 2.05) is 43.3 Å². The molecule has 0 heterocycles. The molecular formula is C14H19BrNO3P. The Labute approximate surface area is 129 Å². The van der Waals surface area contributed by atoms with Crippen LogP contribution in [0.4, 0.5) is 0 Å². The summed E-state index contributed by atoms with van der Waals surface area (Å²) in [4.78, 5) is 22.5. The maximum absolute atomic E-state index is 11.0. The Kier molecular flexibility index (Phi) is 8.00. The predicted octanol–water partition coefficient (Wildman–Crippen LogP) is 3.50. The molecule has 6 heteroatoms. The van der Waals surface area contributed by atoms with Crippen LogP contribution in [0, 0.1) is 0 Å². The summed E-state index contributed by atoms with van der Waals surface area (Å²) in [6.07, 6.45) is 5.22. The Bertz CT molecular complexity index is 468. The lowest BCUT2D eigenvalue weighted by molar-refractivity contribution is 0.112. The van der Waals surface area contributed by atoms with Gasteiger partial charge in [0.2, 0.25) is 0 Å². The van der Waals surface area contributed by atoms with E-state index in [2.05, 4.69) is 15.9 Å². The number of nitrogens with zero attached hydrogens (tertiary/aromatic N) is 1. The van der Waals surface area contributed by atoms with Gasteiger partial charge in [-0.1, -0.05) is 15.9 Å². The number of carbonyl (C=O) groups excluding carboxylic acids is 1. The van der Waals surface area contributed by atoms with Crippen molar-refractivity contribution < 1.29 is 14.2 Å². The van der Waals surface area contributed by atoms with Gasteiger partial charge < -0.3 is 14.3 Å². The summed E-state index contributed by atoms with van der Waals surface area (Å²) in [5.74, 6) is 0. The van der Waals surface area contributed by atoms with Crippen molar-refractivity contribution in [3.8, 4) is 0 Å². The Morgan fingerprint density at radius 2 is 2.20 bits per heavy atom. The fraction of sp³-hybridized carbons (Fsp3) is 0.357. The normalized spacial score (nSPS) is 12.6. The van der Waals surface area contributed by atoms with Crippen molar-refractivity contribution in [2.45, 2.75) is 6.92 Å². The molecule has 110 valence electrons. The molecule has 0 amide bonds. The zero-order chi connectivity index (χ0) is 15.0. The lowest BCUT2D eigenvalue weighted by Gasteiger charge is -2.16. The first-order valence-corrected chi connectivity index (χ1v) is 8.48. The summed E-state index contributed by atoms with van der Waals surface area (Å²) in [6, 6.07) is 5.51. The molecule has 0 saturated carbocycles. The summed E-state index contributed by atoms with van der Waals surface area (Å²) in [7, 11) is 0.589. The molecule has 0 aliphatic heterocycles. The van der Waals surface area contributed by atoms with Crippen molar-refractivity contribution in [2.75, 3.05) is 26.4 Å². The highest BCUT2D eigenvalue weighted by Gasteiger charge is 2.04. The molecule has 1 aromatic rings. The molecule has 1 unspecified atom stereocenters. The summed E-state index contributed by atoms with van der Waals surface area (Å²) in [6.45, 7) is 3.09. The number of halogens is 1. The molecule has 0 saturated heterocycles. The maximum atomic E-state index is 11.0. The minimum absolute atomic E-state index is 0.530. The third-order valence-electron chi connectivity index (χ3n) is 2.61. The predicted molar refractivity (Wildman–Crippen MR) is 86.8 cm³/mol. The Morgan fingerprint density at radius 1 is 1.45 bits per heavy atom. The third-order valence-corrected chi connectivity index (χ3v) is 4.24. The highest BCUT2D eigenvalue weighted by Crippen LogP contribution is 2.30. The van der Waals surface area contributed by atoms with E-state index in [9.17, 15) is 9.69 Å². The van der Waals surface area contributed by atoms with Gasteiger partial charge in [0, 0.05) is 29.8 Å². The van der Waals surface area contributed by atoms with Crippen LogP contribution < -0.4 is 0 Å². The van der Waals surface area contributed by atoms with Crippen LogP contribution in [-0.2, 0) is 4.52 Å². The summed E-state index contributed by atoms with van der Waals surface area (Å²) < 4.78 is 6.06. The molecule has 0 spiro atoms. The van der Waals surface area contributed by atoms with E-state index >= 15 is 0 Å². The van der Waals surface area contributed by atoms with Gasteiger partial charge in [0.05, 0.1) is 6.61 Å². The van der Waals surface area contributed by atoms with Crippen LogP contribution in [0.2, 0.25) is 0 Å². The molecule has 0 aliphatic carbocycles. The van der Waals surface area contributed by atoms with E-state index in [1.165, 1.54) is 0 Å². The topological polar surface area (TPSA) is 49.8 Å². The van der Waals surface area contributed by atoms with E-state index in [0.717, 1.165) is 16.3 Å². The molecule has 4 nitrogen and oxygen atoms in total. The molecule has 20 heavy (non-hydrogen) atoms. The Balaban J connectivity index is 2.58. The van der Waals surface area contributed by atoms with Crippen molar-refractivity contribution >= 4 is 36.7 Å². The molecule has 1 aromatic carbocycles. The van der Waals surface area contributed by atoms with E-state index in [1.54, 1.807) is 6.07 Å². The average Bonchev–Trinajstić information content (AvgIpc) is 2.43. The van der Waals surface area contributed by atoms with Crippen molar-refractivity contribution in [2.24, 2.45) is 0 Å². The minimum Gasteiger partial charge on any atom is -0.380 e. The van der Waals surface area contributed by atoms with Crippen molar-refractivity contribution in [1.29, 1.82) is 0 Å². The van der Waals surface area contributed by atoms with Crippen LogP contribution in [0.25, 0.3) is 6.08 Å². The molecule has 0 aromatic heterocycles. The summed E-state index contributed by atoms with van der Waals surface area (Å²) >= 11 is 3.39. The van der Waals surface area contributed by atoms with E-state index < -0.39 is 8.38 Å². The quantitative estimate of drug-likeness (QED) is 0.570. The van der Waals surface area contributed by atoms with E-state index in [-0.39, 0.29) is 0 Å². The highest BCUT2D eigenvalue weighted by molar-refractivity contribution is 9.10. The molecule has 0 radical (unpaired) electrons. The van der Waals surface area contributed by atoms with Gasteiger partial charge in [0.25, 0.3) is 0 Å². The molecule has 1 atom stereocenters. The molecule has 1 N–H and O–H groups in total. The van der Waals surface area contributed by atoms with Gasteiger partial charge >= 0.3 is 0 Å². The van der Waals surface area contributed by atoms with E-state index in [0.29, 0.717) is 24.9 Å². The van der Waals surface area contributed by atoms with Crippen LogP contribution in [0.15, 0.2) is 28.9 Å². The molecular weight excluding hydrogens is 341 g/mol. The standard InChI is InChI=1S/C14H19BrNO3P/c1-3-19-20(18)9-8-16(2)7-6-12-10-14(15)5-4-13(12)11-17/h4-7,10-11,18H,3,8-9H2,1-2H3/b7-6-. The average molecular weight is 360 g/mol. The monoisotopic (exact) mass is 359 g/mol. The second-order valence-corrected chi connectivity index (χ2v) is 6.51. The van der Waals surface area contributed by atoms with Crippen LogP contribution >= 0.6 is 24.3 Å². The van der Waals surface area contributed by atoms with Crippen LogP contribution in [0.3, 0.4) is 0 Å². The number of aldehydes is 1. The largest absolute Gasteiger partial charge is 0.380 e. The molecule has 0 fully saturated rings. The van der Waals surface area contributed by atoms with Crippen molar-refractivity contribution in [3.63, 3.8) is 0 Å². The van der Waals surface area contributed by atoms with Gasteiger partial charge in [-0.2, -0.15) is 0 Å². The second-order valence-electron chi connectivity index (χ2n) is 4.18. The summed E-state index contributed by atoms with van der Waals surface area (Å²) in [5, 5.41) is 0. The maximum Gasteiger partial charge on any atom is 0.169 e. The fourth-order valence-electron chi connectivity index (χ4n) is 1.54. The van der Waals surface area contributed by atoms with Gasteiger partial charge in [0.1, 0.15) is 0 Å². The van der Waals surface area contributed by atoms with Gasteiger partial charge in [-0.3, -0.25) is 4.79 Å². The SMILES string of the molecule is CCOP(O)CCN(C)/C=C\c1cc(Br)ccc1C=O. The Morgan fingerprint density at radius 3 is 2.85 bits per heavy atom. The van der Waals surface area contributed by atoms with Gasteiger partial charge in [-0.25, -0.2) is 0 Å². The first-order chi connectivity index (χ1) is 9.56. The van der Waals surface area contributed by atoms with Gasteiger partial charge in [-0.05, 0) is 43.0 Å². The van der Waals surface area contributed by atoms with Crippen LogP contribution in [0.1, 0.15) is 22.8 Å². The molecule has 1 rings (SSSR count). The zero-order valence-corrected chi connectivity index (χ0v) is 14.1. The summed E-state index contributed by atoms with van der Waals surface area (Å²) in [5.41, 5.74) is 1.51. The van der Waals surface area contributed by atoms with Crippen molar-refractivity contribution in [1.82, 2.24) is 4.90 Å². The molecule has 0 bridgehead atoms. The second kappa shape index (κ2) is 9.24. The molecule has 0 aliphatic rings. The van der Waals surface area contributed by atoms with Crippen molar-refractivity contribution in [3.05, 3.63) is 40.0 Å². The van der Waals surface area contributed by atoms with Crippen LogP contribution in [-0.4, -0.2) is 42.4 Å². The number of rotatable bonds is 8. The van der Waals surface area contributed by atoms with Crippen LogP contribution in [0.5, 0.6) is 0 Å². The number of hydrogen-bond acceptors (Lipinski definition) is 4. The Hall–Kier alpha value is -0.740. The first-order valence-electron chi connectivity index (χ1n) is 6.29. The minimum atomic E-state index is -1.33. The number of benzene rings is 1. The fourth-order valence-corrected chi connectivity index (χ4v) is 2.83. The van der Waals surface area contributed by atoms with Gasteiger partial charge in [-0.15, -0.1) is 0 Å². The third kappa shape index (κ3) is 6.14. The number of hydrogen-bond donors (Lipinski definition) is 1. The number of carbonyl (C=O) groups is 1. The van der Waals surface area contributed by atoms with Gasteiger partial charge in [0.15, 0.2) is 14.7 Å². The lowest BCUT2D eigenvalue weighted by atomic mass is 10.1. The lowest BCUT2D eigenvalue weighted by Crippen LogP contribution is -2.15.